The molecule has 2 aromatic carbocycles. The van der Waals surface area contributed by atoms with Gasteiger partial charge in [-0.05, 0) is 49.7 Å². The molecule has 3 N–H and O–H groups in total. The van der Waals surface area contributed by atoms with Crippen molar-refractivity contribution < 1.29 is 14.3 Å². The van der Waals surface area contributed by atoms with Crippen molar-refractivity contribution in [1.82, 2.24) is 10.6 Å². The van der Waals surface area contributed by atoms with Crippen molar-refractivity contribution >= 4 is 29.2 Å². The van der Waals surface area contributed by atoms with E-state index in [0.29, 0.717) is 28.6 Å². The SMILES string of the molecule is CCOc1ccc([C@@H]2NC(=O)NC(C)=C2C(=O)Nc2cccc(Cl)c2)cc1. The molecular formula is C20H20ClN3O3. The topological polar surface area (TPSA) is 79.5 Å². The maximum absolute atomic E-state index is 12.9. The second kappa shape index (κ2) is 8.14. The van der Waals surface area contributed by atoms with E-state index in [1.807, 2.05) is 31.2 Å². The highest BCUT2D eigenvalue weighted by Crippen LogP contribution is 2.29. The van der Waals surface area contributed by atoms with Crippen LogP contribution in [0.25, 0.3) is 0 Å². The Labute approximate surface area is 162 Å². The lowest BCUT2D eigenvalue weighted by atomic mass is 9.94. The summed E-state index contributed by atoms with van der Waals surface area (Å²) in [4.78, 5) is 24.9. The number of amides is 3. The standard InChI is InChI=1S/C20H20ClN3O3/c1-3-27-16-9-7-13(8-10-16)18-17(12(2)22-20(26)24-18)19(25)23-15-6-4-5-14(21)11-15/h4-11,18H,3H2,1-2H3,(H,23,25)(H2,22,24,26)/t18-/m0/s1. The van der Waals surface area contributed by atoms with Gasteiger partial charge in [-0.15, -0.1) is 0 Å². The molecule has 1 atom stereocenters. The summed E-state index contributed by atoms with van der Waals surface area (Å²) in [5, 5.41) is 8.82. The summed E-state index contributed by atoms with van der Waals surface area (Å²) in [5.41, 5.74) is 2.29. The molecule has 0 aromatic heterocycles. The van der Waals surface area contributed by atoms with Gasteiger partial charge >= 0.3 is 6.03 Å². The van der Waals surface area contributed by atoms with E-state index in [1.54, 1.807) is 31.2 Å². The molecule has 140 valence electrons. The van der Waals surface area contributed by atoms with Gasteiger partial charge in [-0.2, -0.15) is 0 Å². The van der Waals surface area contributed by atoms with Crippen molar-refractivity contribution in [3.05, 3.63) is 70.4 Å². The number of ether oxygens (including phenoxy) is 1. The number of anilines is 1. The first-order valence-corrected chi connectivity index (χ1v) is 8.93. The molecule has 0 saturated carbocycles. The third kappa shape index (κ3) is 4.41. The number of carbonyl (C=O) groups is 2. The van der Waals surface area contributed by atoms with E-state index < -0.39 is 6.04 Å². The Morgan fingerprint density at radius 2 is 1.96 bits per heavy atom. The molecular weight excluding hydrogens is 366 g/mol. The van der Waals surface area contributed by atoms with Gasteiger partial charge in [0.05, 0.1) is 18.2 Å². The fraction of sp³-hybridized carbons (Fsp3) is 0.200. The quantitative estimate of drug-likeness (QED) is 0.727. The predicted molar refractivity (Wildman–Crippen MR) is 105 cm³/mol. The molecule has 27 heavy (non-hydrogen) atoms. The average Bonchev–Trinajstić information content (AvgIpc) is 2.62. The third-order valence-corrected chi connectivity index (χ3v) is 4.36. The van der Waals surface area contributed by atoms with Crippen LogP contribution in [0, 0.1) is 0 Å². The van der Waals surface area contributed by atoms with Crippen LogP contribution in [0.3, 0.4) is 0 Å². The van der Waals surface area contributed by atoms with Gasteiger partial charge in [0.1, 0.15) is 5.75 Å². The highest BCUT2D eigenvalue weighted by atomic mass is 35.5. The van der Waals surface area contributed by atoms with Gasteiger partial charge in [-0.25, -0.2) is 4.79 Å². The minimum Gasteiger partial charge on any atom is -0.494 e. The number of hydrogen-bond donors (Lipinski definition) is 3. The van der Waals surface area contributed by atoms with Crippen molar-refractivity contribution in [2.24, 2.45) is 0 Å². The van der Waals surface area contributed by atoms with Crippen molar-refractivity contribution in [1.29, 1.82) is 0 Å². The summed E-state index contributed by atoms with van der Waals surface area (Å²) in [6.07, 6.45) is 0. The van der Waals surface area contributed by atoms with Crippen LogP contribution in [-0.2, 0) is 4.79 Å². The predicted octanol–water partition coefficient (Wildman–Crippen LogP) is 4.01. The van der Waals surface area contributed by atoms with Gasteiger partial charge in [0.15, 0.2) is 0 Å². The van der Waals surface area contributed by atoms with Gasteiger partial charge in [0.25, 0.3) is 5.91 Å². The molecule has 3 rings (SSSR count). The van der Waals surface area contributed by atoms with Gasteiger partial charge in [0, 0.05) is 16.4 Å². The molecule has 0 unspecified atom stereocenters. The number of rotatable bonds is 5. The maximum Gasteiger partial charge on any atom is 0.319 e. The molecule has 0 bridgehead atoms. The van der Waals surface area contributed by atoms with E-state index in [1.165, 1.54) is 0 Å². The van der Waals surface area contributed by atoms with Gasteiger partial charge in [0.2, 0.25) is 0 Å². The van der Waals surface area contributed by atoms with Crippen LogP contribution in [0.2, 0.25) is 5.02 Å². The average molecular weight is 386 g/mol. The Kier molecular flexibility index (Phi) is 5.66. The van der Waals surface area contributed by atoms with Crippen LogP contribution >= 0.6 is 11.6 Å². The zero-order valence-electron chi connectivity index (χ0n) is 15.0. The van der Waals surface area contributed by atoms with Crippen LogP contribution in [0.1, 0.15) is 25.5 Å². The van der Waals surface area contributed by atoms with Crippen molar-refractivity contribution in [3.63, 3.8) is 0 Å². The molecule has 3 amide bonds. The Morgan fingerprint density at radius 1 is 1.22 bits per heavy atom. The van der Waals surface area contributed by atoms with Crippen LogP contribution < -0.4 is 20.7 Å². The van der Waals surface area contributed by atoms with Gasteiger partial charge < -0.3 is 20.7 Å². The van der Waals surface area contributed by atoms with E-state index >= 15 is 0 Å². The lowest BCUT2D eigenvalue weighted by Crippen LogP contribution is -2.45. The molecule has 0 fully saturated rings. The summed E-state index contributed by atoms with van der Waals surface area (Å²) in [5.74, 6) is 0.410. The lowest BCUT2D eigenvalue weighted by Gasteiger charge is -2.28. The summed E-state index contributed by atoms with van der Waals surface area (Å²) in [6.45, 7) is 4.17. The fourth-order valence-electron chi connectivity index (χ4n) is 2.93. The van der Waals surface area contributed by atoms with E-state index in [2.05, 4.69) is 16.0 Å². The molecule has 0 spiro atoms. The van der Waals surface area contributed by atoms with Crippen LogP contribution in [0.15, 0.2) is 59.8 Å². The second-order valence-corrected chi connectivity index (χ2v) is 6.47. The molecule has 1 aliphatic heterocycles. The minimum atomic E-state index is -0.575. The zero-order valence-corrected chi connectivity index (χ0v) is 15.8. The second-order valence-electron chi connectivity index (χ2n) is 6.04. The highest BCUT2D eigenvalue weighted by molar-refractivity contribution is 6.31. The van der Waals surface area contributed by atoms with Crippen LogP contribution in [0.4, 0.5) is 10.5 Å². The van der Waals surface area contributed by atoms with Crippen molar-refractivity contribution in [3.8, 4) is 5.75 Å². The van der Waals surface area contributed by atoms with E-state index in [-0.39, 0.29) is 11.9 Å². The first-order chi connectivity index (χ1) is 13.0. The zero-order chi connectivity index (χ0) is 19.4. The first-order valence-electron chi connectivity index (χ1n) is 8.56. The molecule has 6 nitrogen and oxygen atoms in total. The lowest BCUT2D eigenvalue weighted by molar-refractivity contribution is -0.113. The Hall–Kier alpha value is -2.99. The Balaban J connectivity index is 1.90. The van der Waals surface area contributed by atoms with Crippen molar-refractivity contribution in [2.75, 3.05) is 11.9 Å². The number of benzene rings is 2. The highest BCUT2D eigenvalue weighted by Gasteiger charge is 2.31. The summed E-state index contributed by atoms with van der Waals surface area (Å²) in [6, 6.07) is 13.3. The summed E-state index contributed by atoms with van der Waals surface area (Å²) in [7, 11) is 0. The maximum atomic E-state index is 12.9. The summed E-state index contributed by atoms with van der Waals surface area (Å²) < 4.78 is 5.45. The molecule has 0 aliphatic carbocycles. The monoisotopic (exact) mass is 385 g/mol. The smallest absolute Gasteiger partial charge is 0.319 e. The third-order valence-electron chi connectivity index (χ3n) is 4.12. The Bertz CT molecular complexity index is 894. The molecule has 1 heterocycles. The van der Waals surface area contributed by atoms with Gasteiger partial charge in [-0.1, -0.05) is 29.8 Å². The van der Waals surface area contributed by atoms with Crippen LogP contribution in [0.5, 0.6) is 5.75 Å². The Morgan fingerprint density at radius 3 is 2.63 bits per heavy atom. The largest absolute Gasteiger partial charge is 0.494 e. The minimum absolute atomic E-state index is 0.318. The fourth-order valence-corrected chi connectivity index (χ4v) is 3.12. The van der Waals surface area contributed by atoms with Gasteiger partial charge in [-0.3, -0.25) is 4.79 Å². The number of urea groups is 1. The molecule has 0 saturated heterocycles. The van der Waals surface area contributed by atoms with E-state index in [9.17, 15) is 9.59 Å². The molecule has 0 radical (unpaired) electrons. The normalized spacial score (nSPS) is 16.4. The molecule has 2 aromatic rings. The van der Waals surface area contributed by atoms with Crippen molar-refractivity contribution in [2.45, 2.75) is 19.9 Å². The molecule has 1 aliphatic rings. The van der Waals surface area contributed by atoms with E-state index in [0.717, 1.165) is 11.3 Å². The van der Waals surface area contributed by atoms with E-state index in [4.69, 9.17) is 16.3 Å². The summed E-state index contributed by atoms with van der Waals surface area (Å²) >= 11 is 5.98. The number of hydrogen-bond acceptors (Lipinski definition) is 3. The number of nitrogens with one attached hydrogen (secondary N) is 3. The number of allylic oxidation sites excluding steroid dienone is 1. The number of carbonyl (C=O) groups excluding carboxylic acids is 2. The number of halogens is 1. The first kappa shape index (κ1) is 18.8. The van der Waals surface area contributed by atoms with Crippen LogP contribution in [-0.4, -0.2) is 18.5 Å². The molecule has 7 heteroatoms.